The Balaban J connectivity index is 1.88. The third-order valence-corrected chi connectivity index (χ3v) is 6.44. The van der Waals surface area contributed by atoms with E-state index in [0.29, 0.717) is 41.0 Å². The highest BCUT2D eigenvalue weighted by atomic mass is 19.1. The number of aryl methyl sites for hydroxylation is 1. The van der Waals surface area contributed by atoms with Crippen molar-refractivity contribution in [3.8, 4) is 0 Å². The standard InChI is InChI=1S/C24H30FN3O4/c1-13-11-16(7-8-17(13)25)26-22(31)19-14(2)20(27(6)15(19)3)21(30)23(32)28-10-9-18(29)24(4,5)12-28/h7-8,11,18,29H,9-10,12H2,1-6H3,(H,26,31). The molecule has 1 aliphatic heterocycles. The summed E-state index contributed by atoms with van der Waals surface area (Å²) in [5.41, 5.74) is 1.76. The molecular formula is C24H30FN3O4. The van der Waals surface area contributed by atoms with Gasteiger partial charge in [0.15, 0.2) is 0 Å². The minimum Gasteiger partial charge on any atom is -0.392 e. The lowest BCUT2D eigenvalue weighted by Gasteiger charge is -2.41. The van der Waals surface area contributed by atoms with Crippen LogP contribution in [-0.4, -0.2) is 51.4 Å². The molecule has 1 aromatic heterocycles. The lowest BCUT2D eigenvalue weighted by molar-refractivity contribution is -0.133. The van der Waals surface area contributed by atoms with E-state index in [-0.39, 0.29) is 18.1 Å². The van der Waals surface area contributed by atoms with Gasteiger partial charge in [0.1, 0.15) is 5.82 Å². The van der Waals surface area contributed by atoms with Crippen LogP contribution in [0.3, 0.4) is 0 Å². The van der Waals surface area contributed by atoms with Gasteiger partial charge in [-0.3, -0.25) is 14.4 Å². The number of Topliss-reactive ketones (excluding diaryl/α,β-unsaturated/α-hetero) is 1. The van der Waals surface area contributed by atoms with Gasteiger partial charge in [0.05, 0.1) is 17.4 Å². The summed E-state index contributed by atoms with van der Waals surface area (Å²) in [6.45, 7) is 9.25. The van der Waals surface area contributed by atoms with Gasteiger partial charge in [-0.05, 0) is 56.5 Å². The molecule has 1 saturated heterocycles. The molecule has 0 aliphatic carbocycles. The second kappa shape index (κ2) is 8.50. The maximum absolute atomic E-state index is 13.5. The number of aliphatic hydroxyl groups is 1. The maximum Gasteiger partial charge on any atom is 0.296 e. The van der Waals surface area contributed by atoms with Crippen LogP contribution in [-0.2, 0) is 11.8 Å². The largest absolute Gasteiger partial charge is 0.392 e. The first-order valence-corrected chi connectivity index (χ1v) is 10.6. The Labute approximate surface area is 187 Å². The molecule has 2 aromatic rings. The van der Waals surface area contributed by atoms with E-state index in [1.165, 1.54) is 23.1 Å². The average molecular weight is 444 g/mol. The summed E-state index contributed by atoms with van der Waals surface area (Å²) in [4.78, 5) is 40.6. The van der Waals surface area contributed by atoms with E-state index in [0.717, 1.165) is 0 Å². The van der Waals surface area contributed by atoms with Gasteiger partial charge < -0.3 is 19.9 Å². The molecule has 0 radical (unpaired) electrons. The van der Waals surface area contributed by atoms with E-state index < -0.39 is 29.1 Å². The summed E-state index contributed by atoms with van der Waals surface area (Å²) < 4.78 is 15.1. The molecular weight excluding hydrogens is 413 g/mol. The zero-order chi connectivity index (χ0) is 24.0. The molecule has 1 aromatic carbocycles. The van der Waals surface area contributed by atoms with Gasteiger partial charge in [-0.25, -0.2) is 4.39 Å². The fourth-order valence-electron chi connectivity index (χ4n) is 4.31. The minimum absolute atomic E-state index is 0.164. The predicted octanol–water partition coefficient (Wildman–Crippen LogP) is 3.14. The summed E-state index contributed by atoms with van der Waals surface area (Å²) in [5.74, 6) is -2.13. The molecule has 0 spiro atoms. The van der Waals surface area contributed by atoms with Crippen molar-refractivity contribution in [1.29, 1.82) is 0 Å². The van der Waals surface area contributed by atoms with Crippen molar-refractivity contribution in [2.45, 2.75) is 47.1 Å². The second-order valence-corrected chi connectivity index (χ2v) is 9.26. The Morgan fingerprint density at radius 3 is 2.44 bits per heavy atom. The van der Waals surface area contributed by atoms with E-state index in [4.69, 9.17) is 0 Å². The molecule has 7 nitrogen and oxygen atoms in total. The minimum atomic E-state index is -0.683. The zero-order valence-corrected chi connectivity index (χ0v) is 19.4. The summed E-state index contributed by atoms with van der Waals surface area (Å²) in [6, 6.07) is 4.28. The number of piperidine rings is 1. The molecule has 1 atom stereocenters. The van der Waals surface area contributed by atoms with Gasteiger partial charge in [-0.1, -0.05) is 13.8 Å². The van der Waals surface area contributed by atoms with Crippen LogP contribution in [0.1, 0.15) is 57.9 Å². The topological polar surface area (TPSA) is 91.6 Å². The Morgan fingerprint density at radius 1 is 1.19 bits per heavy atom. The van der Waals surface area contributed by atoms with Crippen LogP contribution in [0.4, 0.5) is 10.1 Å². The molecule has 0 saturated carbocycles. The van der Waals surface area contributed by atoms with Gasteiger partial charge in [0.2, 0.25) is 0 Å². The highest BCUT2D eigenvalue weighted by Gasteiger charge is 2.39. The SMILES string of the molecule is Cc1cc(NC(=O)c2c(C)c(C(=O)C(=O)N3CCC(O)C(C)(C)C3)n(C)c2C)ccc1F. The number of nitrogens with zero attached hydrogens (tertiary/aromatic N) is 2. The number of likely N-dealkylation sites (tertiary alicyclic amines) is 1. The van der Waals surface area contributed by atoms with Gasteiger partial charge in [0, 0.05) is 36.9 Å². The van der Waals surface area contributed by atoms with Crippen LogP contribution in [0.15, 0.2) is 18.2 Å². The first-order valence-electron chi connectivity index (χ1n) is 10.6. The Morgan fingerprint density at radius 2 is 1.84 bits per heavy atom. The third-order valence-electron chi connectivity index (χ3n) is 6.44. The number of nitrogens with one attached hydrogen (secondary N) is 1. The first kappa shape index (κ1) is 23.7. The second-order valence-electron chi connectivity index (χ2n) is 9.26. The van der Waals surface area contributed by atoms with Gasteiger partial charge in [-0.2, -0.15) is 0 Å². The lowest BCUT2D eigenvalue weighted by Crippen LogP contribution is -2.52. The number of aromatic nitrogens is 1. The number of rotatable bonds is 4. The summed E-state index contributed by atoms with van der Waals surface area (Å²) in [7, 11) is 1.64. The van der Waals surface area contributed by atoms with Crippen LogP contribution < -0.4 is 5.32 Å². The molecule has 8 heteroatoms. The average Bonchev–Trinajstić information content (AvgIpc) is 2.94. The monoisotopic (exact) mass is 443 g/mol. The van der Waals surface area contributed by atoms with E-state index in [1.807, 2.05) is 13.8 Å². The Hall–Kier alpha value is -3.00. The van der Waals surface area contributed by atoms with Crippen molar-refractivity contribution in [2.75, 3.05) is 18.4 Å². The van der Waals surface area contributed by atoms with Crippen molar-refractivity contribution in [3.05, 3.63) is 52.1 Å². The number of benzene rings is 1. The molecule has 0 bridgehead atoms. The van der Waals surface area contributed by atoms with Crippen LogP contribution in [0.2, 0.25) is 0 Å². The summed E-state index contributed by atoms with van der Waals surface area (Å²) in [6.07, 6.45) is -0.131. The summed E-state index contributed by atoms with van der Waals surface area (Å²) >= 11 is 0. The molecule has 2 heterocycles. The highest BCUT2D eigenvalue weighted by Crippen LogP contribution is 2.30. The van der Waals surface area contributed by atoms with Crippen molar-refractivity contribution < 1.29 is 23.9 Å². The lowest BCUT2D eigenvalue weighted by atomic mass is 9.81. The molecule has 172 valence electrons. The number of hydrogen-bond donors (Lipinski definition) is 2. The third kappa shape index (κ3) is 4.19. The maximum atomic E-state index is 13.5. The quantitative estimate of drug-likeness (QED) is 0.561. The number of aliphatic hydroxyl groups excluding tert-OH is 1. The molecule has 1 unspecified atom stereocenters. The van der Waals surface area contributed by atoms with Crippen LogP contribution >= 0.6 is 0 Å². The van der Waals surface area contributed by atoms with Crippen molar-refractivity contribution >= 4 is 23.3 Å². The van der Waals surface area contributed by atoms with Crippen molar-refractivity contribution in [3.63, 3.8) is 0 Å². The zero-order valence-electron chi connectivity index (χ0n) is 19.4. The number of halogens is 1. The smallest absolute Gasteiger partial charge is 0.296 e. The van der Waals surface area contributed by atoms with Crippen molar-refractivity contribution in [2.24, 2.45) is 12.5 Å². The molecule has 3 rings (SSSR count). The van der Waals surface area contributed by atoms with Gasteiger partial charge >= 0.3 is 0 Å². The normalized spacial score (nSPS) is 17.9. The fourth-order valence-corrected chi connectivity index (χ4v) is 4.31. The number of carbonyl (C=O) groups is 3. The van der Waals surface area contributed by atoms with Crippen LogP contribution in [0, 0.1) is 32.0 Å². The first-order chi connectivity index (χ1) is 14.8. The molecule has 2 amide bonds. The Bertz CT molecular complexity index is 1100. The van der Waals surface area contributed by atoms with Crippen LogP contribution in [0.5, 0.6) is 0 Å². The predicted molar refractivity (Wildman–Crippen MR) is 119 cm³/mol. The number of hydrogen-bond acceptors (Lipinski definition) is 4. The van der Waals surface area contributed by atoms with E-state index in [9.17, 15) is 23.9 Å². The fraction of sp³-hybridized carbons (Fsp3) is 0.458. The van der Waals surface area contributed by atoms with E-state index in [2.05, 4.69) is 5.32 Å². The highest BCUT2D eigenvalue weighted by molar-refractivity contribution is 6.43. The van der Waals surface area contributed by atoms with Gasteiger partial charge in [-0.15, -0.1) is 0 Å². The van der Waals surface area contributed by atoms with Crippen molar-refractivity contribution in [1.82, 2.24) is 9.47 Å². The van der Waals surface area contributed by atoms with Gasteiger partial charge in [0.25, 0.3) is 17.6 Å². The number of carbonyl (C=O) groups excluding carboxylic acids is 3. The van der Waals surface area contributed by atoms with E-state index in [1.54, 1.807) is 32.4 Å². The molecule has 32 heavy (non-hydrogen) atoms. The van der Waals surface area contributed by atoms with Crippen LogP contribution in [0.25, 0.3) is 0 Å². The van der Waals surface area contributed by atoms with E-state index >= 15 is 0 Å². The number of anilines is 1. The molecule has 1 fully saturated rings. The Kier molecular flexibility index (Phi) is 6.29. The summed E-state index contributed by atoms with van der Waals surface area (Å²) in [5, 5.41) is 12.9. The molecule has 1 aliphatic rings. The number of amides is 2. The molecule has 2 N–H and O–H groups in total. The number of ketones is 1.